The van der Waals surface area contributed by atoms with Crippen molar-refractivity contribution < 1.29 is 22.7 Å². The fourth-order valence-electron chi connectivity index (χ4n) is 3.12. The first-order valence-corrected chi connectivity index (χ1v) is 11.3. The fourth-order valence-corrected chi connectivity index (χ4v) is 4.71. The monoisotopic (exact) mass is 495 g/mol. The zero-order chi connectivity index (χ0) is 22.1. The molecule has 2 aromatic carbocycles. The Morgan fingerprint density at radius 2 is 1.73 bits per heavy atom. The highest BCUT2D eigenvalue weighted by atomic mass is 79.9. The normalized spacial score (nSPS) is 19.3. The Morgan fingerprint density at radius 1 is 1.10 bits per heavy atom. The van der Waals surface area contributed by atoms with E-state index in [1.54, 1.807) is 19.1 Å². The van der Waals surface area contributed by atoms with Gasteiger partial charge < -0.3 is 10.1 Å². The summed E-state index contributed by atoms with van der Waals surface area (Å²) in [5.74, 6) is 0.0729. The fraction of sp³-hybridized carbons (Fsp3) is 0.300. The predicted molar refractivity (Wildman–Crippen MR) is 115 cm³/mol. The van der Waals surface area contributed by atoms with Crippen LogP contribution in [0.4, 0.5) is 4.79 Å². The lowest BCUT2D eigenvalue weighted by Crippen LogP contribution is -2.41. The van der Waals surface area contributed by atoms with Gasteiger partial charge >= 0.3 is 6.03 Å². The number of hydrogen-bond donors (Lipinski definition) is 1. The summed E-state index contributed by atoms with van der Waals surface area (Å²) in [5, 5.41) is 2.75. The van der Waals surface area contributed by atoms with Gasteiger partial charge in [0.25, 0.3) is 5.91 Å². The number of ether oxygens (including phenoxy) is 1. The third-order valence-corrected chi connectivity index (χ3v) is 7.39. The lowest BCUT2D eigenvalue weighted by atomic mass is 9.92. The van der Waals surface area contributed by atoms with E-state index in [-0.39, 0.29) is 24.0 Å². The maximum atomic E-state index is 12.9. The molecule has 1 fully saturated rings. The molecule has 0 aliphatic carbocycles. The SMILES string of the molecule is CN(C)S(=O)(=O)c1ccc(OCCN2C(=O)N[C@](C)(c3ccccc3Br)C2=O)cc1. The van der Waals surface area contributed by atoms with Crippen LogP contribution < -0.4 is 10.1 Å². The summed E-state index contributed by atoms with van der Waals surface area (Å²) in [6.45, 7) is 1.80. The van der Waals surface area contributed by atoms with Gasteiger partial charge in [-0.1, -0.05) is 34.1 Å². The number of benzene rings is 2. The molecule has 0 saturated carbocycles. The van der Waals surface area contributed by atoms with Crippen molar-refractivity contribution in [3.63, 3.8) is 0 Å². The van der Waals surface area contributed by atoms with Crippen LogP contribution >= 0.6 is 15.9 Å². The number of hydrogen-bond acceptors (Lipinski definition) is 5. The van der Waals surface area contributed by atoms with Crippen LogP contribution in [0.2, 0.25) is 0 Å². The number of urea groups is 1. The molecule has 0 bridgehead atoms. The molecule has 1 N–H and O–H groups in total. The lowest BCUT2D eigenvalue weighted by molar-refractivity contribution is -0.131. The molecule has 160 valence electrons. The summed E-state index contributed by atoms with van der Waals surface area (Å²) in [4.78, 5) is 26.6. The van der Waals surface area contributed by atoms with Crippen LogP contribution in [0.3, 0.4) is 0 Å². The molecule has 0 aromatic heterocycles. The first kappa shape index (κ1) is 22.3. The number of amides is 3. The molecule has 3 amide bonds. The Bertz CT molecular complexity index is 1070. The standard InChI is InChI=1S/C20H22BrN3O5S/c1-20(16-6-4-5-7-17(16)21)18(25)24(19(26)22-20)12-13-29-14-8-10-15(11-9-14)30(27,28)23(2)3/h4-11H,12-13H2,1-3H3,(H,22,26)/t20-/m1/s1. The Hall–Kier alpha value is -2.43. The number of sulfonamides is 1. The molecule has 0 spiro atoms. The molecule has 30 heavy (non-hydrogen) atoms. The number of halogens is 1. The zero-order valence-corrected chi connectivity index (χ0v) is 19.2. The van der Waals surface area contributed by atoms with E-state index in [0.717, 1.165) is 13.7 Å². The van der Waals surface area contributed by atoms with Crippen LogP contribution in [0.15, 0.2) is 57.9 Å². The summed E-state index contributed by atoms with van der Waals surface area (Å²) in [7, 11) is -0.601. The summed E-state index contributed by atoms with van der Waals surface area (Å²) in [6, 6.07) is 12.7. The van der Waals surface area contributed by atoms with Crippen LogP contribution in [-0.4, -0.2) is 56.8 Å². The molecule has 3 rings (SSSR count). The summed E-state index contributed by atoms with van der Waals surface area (Å²) in [5.41, 5.74) is -0.497. The first-order chi connectivity index (χ1) is 14.1. The third-order valence-electron chi connectivity index (χ3n) is 4.87. The van der Waals surface area contributed by atoms with Gasteiger partial charge in [0.15, 0.2) is 0 Å². The summed E-state index contributed by atoms with van der Waals surface area (Å²) >= 11 is 3.43. The van der Waals surface area contributed by atoms with E-state index in [1.165, 1.54) is 38.4 Å². The summed E-state index contributed by atoms with van der Waals surface area (Å²) < 4.78 is 31.7. The Morgan fingerprint density at radius 3 is 2.33 bits per heavy atom. The molecule has 1 aliphatic rings. The minimum atomic E-state index is -3.52. The molecule has 10 heteroatoms. The van der Waals surface area contributed by atoms with E-state index in [1.807, 2.05) is 12.1 Å². The minimum absolute atomic E-state index is 0.0580. The number of carbonyl (C=O) groups is 2. The van der Waals surface area contributed by atoms with Gasteiger partial charge in [0.05, 0.1) is 11.4 Å². The maximum Gasteiger partial charge on any atom is 0.325 e. The van der Waals surface area contributed by atoms with Gasteiger partial charge in [-0.2, -0.15) is 0 Å². The molecule has 1 aliphatic heterocycles. The van der Waals surface area contributed by atoms with Crippen LogP contribution in [0.25, 0.3) is 0 Å². The van der Waals surface area contributed by atoms with Crippen molar-refractivity contribution in [1.29, 1.82) is 0 Å². The van der Waals surface area contributed by atoms with Crippen molar-refractivity contribution in [2.75, 3.05) is 27.2 Å². The summed E-state index contributed by atoms with van der Waals surface area (Å²) in [6.07, 6.45) is 0. The topological polar surface area (TPSA) is 96.0 Å². The molecule has 1 atom stereocenters. The van der Waals surface area contributed by atoms with Crippen LogP contribution in [0.1, 0.15) is 12.5 Å². The molecule has 0 radical (unpaired) electrons. The number of rotatable bonds is 7. The average molecular weight is 496 g/mol. The zero-order valence-electron chi connectivity index (χ0n) is 16.8. The van der Waals surface area contributed by atoms with Gasteiger partial charge in [0.1, 0.15) is 17.9 Å². The van der Waals surface area contributed by atoms with Gasteiger partial charge in [-0.15, -0.1) is 0 Å². The van der Waals surface area contributed by atoms with E-state index in [4.69, 9.17) is 4.74 Å². The maximum absolute atomic E-state index is 12.9. The highest BCUT2D eigenvalue weighted by Crippen LogP contribution is 2.33. The van der Waals surface area contributed by atoms with Gasteiger partial charge in [-0.3, -0.25) is 9.69 Å². The minimum Gasteiger partial charge on any atom is -0.492 e. The van der Waals surface area contributed by atoms with E-state index >= 15 is 0 Å². The number of nitrogens with one attached hydrogen (secondary N) is 1. The number of carbonyl (C=O) groups excluding carboxylic acids is 2. The van der Waals surface area contributed by atoms with Crippen molar-refractivity contribution in [1.82, 2.24) is 14.5 Å². The van der Waals surface area contributed by atoms with Crippen LogP contribution in [-0.2, 0) is 20.4 Å². The molecular weight excluding hydrogens is 474 g/mol. The van der Waals surface area contributed by atoms with Crippen LogP contribution in [0, 0.1) is 0 Å². The number of imide groups is 1. The third kappa shape index (κ3) is 4.07. The predicted octanol–water partition coefficient (Wildman–Crippen LogP) is 2.55. The Kier molecular flexibility index (Phi) is 6.21. The van der Waals surface area contributed by atoms with Crippen molar-refractivity contribution in [2.45, 2.75) is 17.4 Å². The Balaban J connectivity index is 1.65. The van der Waals surface area contributed by atoms with E-state index in [9.17, 15) is 18.0 Å². The molecule has 2 aromatic rings. The van der Waals surface area contributed by atoms with E-state index < -0.39 is 21.6 Å². The largest absolute Gasteiger partial charge is 0.492 e. The smallest absolute Gasteiger partial charge is 0.325 e. The molecule has 1 heterocycles. The quantitative estimate of drug-likeness (QED) is 0.595. The van der Waals surface area contributed by atoms with Crippen molar-refractivity contribution in [3.8, 4) is 5.75 Å². The highest BCUT2D eigenvalue weighted by molar-refractivity contribution is 9.10. The molecular formula is C20H22BrN3O5S. The van der Waals surface area contributed by atoms with E-state index in [0.29, 0.717) is 11.3 Å². The van der Waals surface area contributed by atoms with Gasteiger partial charge in [-0.05, 0) is 37.3 Å². The molecule has 1 saturated heterocycles. The van der Waals surface area contributed by atoms with Gasteiger partial charge in [0, 0.05) is 24.1 Å². The second-order valence-corrected chi connectivity index (χ2v) is 10.1. The highest BCUT2D eigenvalue weighted by Gasteiger charge is 2.49. The van der Waals surface area contributed by atoms with Crippen molar-refractivity contribution in [2.24, 2.45) is 0 Å². The van der Waals surface area contributed by atoms with Crippen LogP contribution in [0.5, 0.6) is 5.75 Å². The van der Waals surface area contributed by atoms with Gasteiger partial charge in [0.2, 0.25) is 10.0 Å². The second-order valence-electron chi connectivity index (χ2n) is 7.10. The second kappa shape index (κ2) is 8.37. The molecule has 0 unspecified atom stereocenters. The number of nitrogens with zero attached hydrogens (tertiary/aromatic N) is 2. The first-order valence-electron chi connectivity index (χ1n) is 9.12. The Labute approximate surface area is 184 Å². The van der Waals surface area contributed by atoms with Gasteiger partial charge in [-0.25, -0.2) is 17.5 Å². The lowest BCUT2D eigenvalue weighted by Gasteiger charge is -2.23. The van der Waals surface area contributed by atoms with Crippen molar-refractivity contribution in [3.05, 3.63) is 58.6 Å². The van der Waals surface area contributed by atoms with E-state index in [2.05, 4.69) is 21.2 Å². The van der Waals surface area contributed by atoms with Crippen molar-refractivity contribution >= 4 is 37.9 Å². The molecule has 8 nitrogen and oxygen atoms in total. The average Bonchev–Trinajstić information content (AvgIpc) is 2.92.